The van der Waals surface area contributed by atoms with E-state index in [0.717, 1.165) is 0 Å². The smallest absolute Gasteiger partial charge is 0.277 e. The van der Waals surface area contributed by atoms with Crippen LogP contribution in [0.25, 0.3) is 0 Å². The summed E-state index contributed by atoms with van der Waals surface area (Å²) in [5.41, 5.74) is 5.52. The highest BCUT2D eigenvalue weighted by Gasteiger charge is 2.26. The molecule has 0 saturated carbocycles. The van der Waals surface area contributed by atoms with E-state index in [2.05, 4.69) is 5.32 Å². The summed E-state index contributed by atoms with van der Waals surface area (Å²) in [6, 6.07) is 6.68. The first kappa shape index (κ1) is 17.1. The number of nitrogens with two attached hydrogens (primary N) is 1. The number of benzene rings is 1. The molecule has 0 radical (unpaired) electrons. The minimum Gasteiger partial charge on any atom is -0.350 e. The highest BCUT2D eigenvalue weighted by molar-refractivity contribution is 6.30. The number of carbonyl (C=O) groups excluding carboxylic acids is 1. The molecule has 0 aromatic heterocycles. The molecule has 0 bridgehead atoms. The summed E-state index contributed by atoms with van der Waals surface area (Å²) < 4.78 is 25.5. The number of amides is 1. The van der Waals surface area contributed by atoms with Gasteiger partial charge in [0, 0.05) is 5.02 Å². The molecule has 7 heteroatoms. The highest BCUT2D eigenvalue weighted by Crippen LogP contribution is 2.12. The lowest BCUT2D eigenvalue weighted by Crippen LogP contribution is -2.42. The van der Waals surface area contributed by atoms with E-state index in [4.69, 9.17) is 17.3 Å². The van der Waals surface area contributed by atoms with Crippen LogP contribution < -0.4 is 11.1 Å². The van der Waals surface area contributed by atoms with Crippen LogP contribution in [0.2, 0.25) is 5.02 Å². The Bertz CT molecular complexity index is 402. The Balaban J connectivity index is 0.00000289. The van der Waals surface area contributed by atoms with Gasteiger partial charge in [-0.3, -0.25) is 4.79 Å². The van der Waals surface area contributed by atoms with E-state index < -0.39 is 24.9 Å². The van der Waals surface area contributed by atoms with Gasteiger partial charge in [-0.2, -0.15) is 0 Å². The number of hydrogen-bond donors (Lipinski definition) is 2. The van der Waals surface area contributed by atoms with Crippen LogP contribution in [-0.2, 0) is 11.2 Å². The molecule has 0 spiro atoms. The number of rotatable bonds is 5. The zero-order valence-electron chi connectivity index (χ0n) is 9.46. The molecule has 0 atom stereocenters. The quantitative estimate of drug-likeness (QED) is 0.874. The minimum absolute atomic E-state index is 0. The van der Waals surface area contributed by atoms with Crippen LogP contribution in [0.15, 0.2) is 24.3 Å². The van der Waals surface area contributed by atoms with Gasteiger partial charge in [-0.15, -0.1) is 12.4 Å². The highest BCUT2D eigenvalue weighted by atomic mass is 35.5. The fraction of sp³-hybridized carbons (Fsp3) is 0.364. The van der Waals surface area contributed by atoms with Gasteiger partial charge < -0.3 is 11.1 Å². The van der Waals surface area contributed by atoms with E-state index in [1.54, 1.807) is 24.3 Å². The molecular formula is C11H14Cl2F2N2O. The predicted octanol–water partition coefficient (Wildman–Crippen LogP) is 2.01. The van der Waals surface area contributed by atoms with Gasteiger partial charge in [-0.25, -0.2) is 8.78 Å². The largest absolute Gasteiger partial charge is 0.350 e. The summed E-state index contributed by atoms with van der Waals surface area (Å²) in [6.45, 7) is -1.53. The normalized spacial score (nSPS) is 10.7. The first-order valence-electron chi connectivity index (χ1n) is 5.02. The first-order valence-corrected chi connectivity index (χ1v) is 5.40. The monoisotopic (exact) mass is 298 g/mol. The van der Waals surface area contributed by atoms with Crippen molar-refractivity contribution < 1.29 is 13.6 Å². The molecule has 1 aromatic carbocycles. The van der Waals surface area contributed by atoms with Crippen molar-refractivity contribution in [3.05, 3.63) is 34.9 Å². The summed E-state index contributed by atoms with van der Waals surface area (Å²) in [6.07, 6.45) is 0.0151. The molecule has 0 aliphatic carbocycles. The fourth-order valence-corrected chi connectivity index (χ4v) is 1.41. The maximum atomic E-state index is 12.8. The Morgan fingerprint density at radius 1 is 1.44 bits per heavy atom. The molecule has 0 aliphatic heterocycles. The molecule has 0 unspecified atom stereocenters. The lowest BCUT2D eigenvalue weighted by Gasteiger charge is -2.14. The van der Waals surface area contributed by atoms with Crippen LogP contribution in [-0.4, -0.2) is 24.9 Å². The second-order valence-corrected chi connectivity index (χ2v) is 4.08. The van der Waals surface area contributed by atoms with Crippen molar-refractivity contribution >= 4 is 29.9 Å². The van der Waals surface area contributed by atoms with Crippen molar-refractivity contribution in [3.8, 4) is 0 Å². The van der Waals surface area contributed by atoms with Gasteiger partial charge in [0.15, 0.2) is 0 Å². The van der Waals surface area contributed by atoms with E-state index in [-0.39, 0.29) is 18.8 Å². The van der Waals surface area contributed by atoms with Crippen molar-refractivity contribution in [1.29, 1.82) is 0 Å². The summed E-state index contributed by atoms with van der Waals surface area (Å²) in [7, 11) is 0. The average molecular weight is 299 g/mol. The maximum Gasteiger partial charge on any atom is 0.277 e. The molecule has 1 aromatic rings. The predicted molar refractivity (Wildman–Crippen MR) is 69.4 cm³/mol. The lowest BCUT2D eigenvalue weighted by molar-refractivity contribution is -0.122. The van der Waals surface area contributed by atoms with Gasteiger partial charge in [-0.1, -0.05) is 23.7 Å². The molecule has 1 rings (SSSR count). The molecule has 3 nitrogen and oxygen atoms in total. The van der Waals surface area contributed by atoms with E-state index >= 15 is 0 Å². The summed E-state index contributed by atoms with van der Waals surface area (Å²) >= 11 is 5.73. The zero-order chi connectivity index (χ0) is 12.9. The van der Waals surface area contributed by atoms with Crippen molar-refractivity contribution in [1.82, 2.24) is 5.32 Å². The third-order valence-corrected chi connectivity index (χ3v) is 2.33. The van der Waals surface area contributed by atoms with Crippen LogP contribution in [0.3, 0.4) is 0 Å². The molecule has 102 valence electrons. The molecule has 0 saturated heterocycles. The molecule has 0 fully saturated rings. The minimum atomic E-state index is -3.07. The van der Waals surface area contributed by atoms with Crippen LogP contribution in [0.1, 0.15) is 5.56 Å². The Morgan fingerprint density at radius 3 is 2.67 bits per heavy atom. The molecular weight excluding hydrogens is 285 g/mol. The number of nitrogens with one attached hydrogen (secondary N) is 1. The van der Waals surface area contributed by atoms with E-state index in [1.807, 2.05) is 0 Å². The van der Waals surface area contributed by atoms with E-state index in [1.165, 1.54) is 0 Å². The number of halogens is 4. The van der Waals surface area contributed by atoms with Crippen LogP contribution in [0.5, 0.6) is 0 Å². The van der Waals surface area contributed by atoms with Gasteiger partial charge in [0.05, 0.1) is 19.5 Å². The van der Waals surface area contributed by atoms with Crippen molar-refractivity contribution in [3.63, 3.8) is 0 Å². The van der Waals surface area contributed by atoms with Crippen molar-refractivity contribution in [2.75, 3.05) is 13.1 Å². The maximum absolute atomic E-state index is 12.8. The van der Waals surface area contributed by atoms with E-state index in [0.29, 0.717) is 10.6 Å². The molecule has 1 amide bonds. The first-order chi connectivity index (χ1) is 7.93. The summed E-state index contributed by atoms with van der Waals surface area (Å²) in [5, 5.41) is 2.63. The number of alkyl halides is 2. The third-order valence-electron chi connectivity index (χ3n) is 2.10. The second-order valence-electron chi connectivity index (χ2n) is 3.64. The van der Waals surface area contributed by atoms with Crippen LogP contribution >= 0.6 is 24.0 Å². The molecule has 18 heavy (non-hydrogen) atoms. The van der Waals surface area contributed by atoms with E-state index in [9.17, 15) is 13.6 Å². The summed E-state index contributed by atoms with van der Waals surface area (Å²) in [4.78, 5) is 11.4. The van der Waals surface area contributed by atoms with Crippen molar-refractivity contribution in [2.45, 2.75) is 12.3 Å². The Kier molecular flexibility index (Phi) is 7.13. The van der Waals surface area contributed by atoms with Gasteiger partial charge >= 0.3 is 0 Å². The topological polar surface area (TPSA) is 55.1 Å². The second kappa shape index (κ2) is 7.51. The Morgan fingerprint density at radius 2 is 2.11 bits per heavy atom. The molecule has 3 N–H and O–H groups in total. The van der Waals surface area contributed by atoms with Crippen LogP contribution in [0.4, 0.5) is 8.78 Å². The standard InChI is InChI=1S/C11H13ClF2N2O.ClH/c12-9-3-1-2-8(4-9)5-10(17)16-7-11(13,14)6-15;/h1-4H,5-7,15H2,(H,16,17);1H. The molecule has 0 aliphatic rings. The number of hydrogen-bond acceptors (Lipinski definition) is 2. The molecule has 0 heterocycles. The SMILES string of the molecule is Cl.NCC(F)(F)CNC(=O)Cc1cccc(Cl)c1. The van der Waals surface area contributed by atoms with Crippen LogP contribution in [0, 0.1) is 0 Å². The van der Waals surface area contributed by atoms with Gasteiger partial charge in [0.1, 0.15) is 0 Å². The lowest BCUT2D eigenvalue weighted by atomic mass is 10.1. The summed E-state index contributed by atoms with van der Waals surface area (Å²) in [5.74, 6) is -3.55. The fourth-order valence-electron chi connectivity index (χ4n) is 1.19. The Hall–Kier alpha value is -0.910. The third kappa shape index (κ3) is 6.14. The zero-order valence-corrected chi connectivity index (χ0v) is 11.0. The van der Waals surface area contributed by atoms with Gasteiger partial charge in [0.2, 0.25) is 5.91 Å². The average Bonchev–Trinajstić information content (AvgIpc) is 2.27. The number of carbonyl (C=O) groups is 1. The van der Waals surface area contributed by atoms with Gasteiger partial charge in [-0.05, 0) is 17.7 Å². The van der Waals surface area contributed by atoms with Gasteiger partial charge in [0.25, 0.3) is 5.92 Å². The Labute approximate surface area is 115 Å². The van der Waals surface area contributed by atoms with Crippen molar-refractivity contribution in [2.24, 2.45) is 5.73 Å².